The molecule has 1 fully saturated rings. The Balaban J connectivity index is 0.00000256. The highest BCUT2D eigenvalue weighted by Crippen LogP contribution is 2.34. The van der Waals surface area contributed by atoms with Crippen LogP contribution in [0.15, 0.2) is 84.9 Å². The Morgan fingerprint density at radius 2 is 1.47 bits per heavy atom. The summed E-state index contributed by atoms with van der Waals surface area (Å²) >= 11 is 0. The highest BCUT2D eigenvalue weighted by Gasteiger charge is 2.30. The molecule has 30 heavy (non-hydrogen) atoms. The molecule has 0 unspecified atom stereocenters. The number of hydrogen-bond acceptors (Lipinski definition) is 3. The summed E-state index contributed by atoms with van der Waals surface area (Å²) in [5.41, 5.74) is 3.92. The molecule has 0 spiro atoms. The second kappa shape index (κ2) is 11.2. The van der Waals surface area contributed by atoms with Crippen LogP contribution >= 0.6 is 12.4 Å². The van der Waals surface area contributed by atoms with Crippen molar-refractivity contribution in [1.82, 2.24) is 5.32 Å². The van der Waals surface area contributed by atoms with E-state index in [1.807, 2.05) is 12.1 Å². The number of methoxy groups -OCH3 is 1. The lowest BCUT2D eigenvalue weighted by molar-refractivity contribution is -0.0116. The van der Waals surface area contributed by atoms with Gasteiger partial charge in [-0.2, -0.15) is 0 Å². The first kappa shape index (κ1) is 22.4. The van der Waals surface area contributed by atoms with Crippen LogP contribution < -0.4 is 10.1 Å². The summed E-state index contributed by atoms with van der Waals surface area (Å²) in [5, 5.41) is 3.65. The van der Waals surface area contributed by atoms with E-state index in [-0.39, 0.29) is 24.4 Å². The zero-order valence-corrected chi connectivity index (χ0v) is 18.2. The van der Waals surface area contributed by atoms with Crippen molar-refractivity contribution in [3.05, 3.63) is 102 Å². The molecule has 0 bridgehead atoms. The molecule has 0 radical (unpaired) electrons. The molecule has 4 heteroatoms. The van der Waals surface area contributed by atoms with Crippen molar-refractivity contribution < 1.29 is 9.47 Å². The van der Waals surface area contributed by atoms with Gasteiger partial charge in [0.15, 0.2) is 0 Å². The number of benzene rings is 3. The van der Waals surface area contributed by atoms with Crippen molar-refractivity contribution in [3.63, 3.8) is 0 Å². The van der Waals surface area contributed by atoms with Gasteiger partial charge in [0.1, 0.15) is 5.75 Å². The van der Waals surface area contributed by atoms with E-state index >= 15 is 0 Å². The number of rotatable bonds is 7. The van der Waals surface area contributed by atoms with Crippen LogP contribution in [0.4, 0.5) is 0 Å². The molecule has 1 N–H and O–H groups in total. The van der Waals surface area contributed by atoms with E-state index in [1.54, 1.807) is 7.11 Å². The number of ether oxygens (including phenoxy) is 2. The zero-order chi connectivity index (χ0) is 19.9. The number of hydrogen-bond donors (Lipinski definition) is 1. The summed E-state index contributed by atoms with van der Waals surface area (Å²) in [6, 6.07) is 30.1. The largest absolute Gasteiger partial charge is 0.497 e. The fraction of sp³-hybridized carbons (Fsp3) is 0.308. The Labute approximate surface area is 185 Å². The maximum absolute atomic E-state index is 6.40. The predicted molar refractivity (Wildman–Crippen MR) is 125 cm³/mol. The molecule has 158 valence electrons. The predicted octanol–water partition coefficient (Wildman–Crippen LogP) is 5.59. The molecule has 2 atom stereocenters. The Hall–Kier alpha value is -2.33. The fourth-order valence-electron chi connectivity index (χ4n) is 4.14. The smallest absolute Gasteiger partial charge is 0.118 e. The summed E-state index contributed by atoms with van der Waals surface area (Å²) in [7, 11) is 1.70. The third-order valence-electron chi connectivity index (χ3n) is 5.75. The van der Waals surface area contributed by atoms with Crippen molar-refractivity contribution in [3.8, 4) is 5.75 Å². The van der Waals surface area contributed by atoms with Crippen molar-refractivity contribution in [1.29, 1.82) is 0 Å². The highest BCUT2D eigenvalue weighted by atomic mass is 35.5. The molecule has 3 nitrogen and oxygen atoms in total. The van der Waals surface area contributed by atoms with Crippen LogP contribution in [-0.2, 0) is 11.3 Å². The normalized spacial score (nSPS) is 18.6. The fourth-order valence-corrected chi connectivity index (χ4v) is 4.14. The minimum Gasteiger partial charge on any atom is -0.497 e. The molecular weight excluding hydrogens is 394 g/mol. The molecule has 1 heterocycles. The minimum atomic E-state index is 0. The van der Waals surface area contributed by atoms with Gasteiger partial charge in [-0.3, -0.25) is 0 Å². The van der Waals surface area contributed by atoms with Crippen LogP contribution in [0.5, 0.6) is 5.75 Å². The van der Waals surface area contributed by atoms with Crippen LogP contribution in [0.25, 0.3) is 0 Å². The van der Waals surface area contributed by atoms with E-state index in [9.17, 15) is 0 Å². The summed E-state index contributed by atoms with van der Waals surface area (Å²) in [5.74, 6) is 1.17. The number of nitrogens with one attached hydrogen (secondary N) is 1. The summed E-state index contributed by atoms with van der Waals surface area (Å²) in [4.78, 5) is 0. The first-order chi connectivity index (χ1) is 14.3. The first-order valence-corrected chi connectivity index (χ1v) is 10.4. The molecule has 0 aliphatic carbocycles. The van der Waals surface area contributed by atoms with Crippen LogP contribution in [0.3, 0.4) is 0 Å². The average Bonchev–Trinajstić information content (AvgIpc) is 2.80. The van der Waals surface area contributed by atoms with E-state index in [1.165, 1.54) is 16.7 Å². The van der Waals surface area contributed by atoms with Gasteiger partial charge in [-0.25, -0.2) is 0 Å². The topological polar surface area (TPSA) is 30.5 Å². The van der Waals surface area contributed by atoms with Crippen LogP contribution in [0, 0.1) is 0 Å². The quantitative estimate of drug-likeness (QED) is 0.537. The van der Waals surface area contributed by atoms with E-state index in [0.29, 0.717) is 6.04 Å². The lowest BCUT2D eigenvalue weighted by Crippen LogP contribution is -2.41. The van der Waals surface area contributed by atoms with Crippen LogP contribution in [0.1, 0.15) is 35.4 Å². The van der Waals surface area contributed by atoms with Crippen molar-refractivity contribution >= 4 is 12.4 Å². The van der Waals surface area contributed by atoms with Gasteiger partial charge in [0.2, 0.25) is 0 Å². The van der Waals surface area contributed by atoms with Crippen molar-refractivity contribution in [2.45, 2.75) is 37.5 Å². The molecule has 3 aromatic carbocycles. The number of halogens is 1. The molecule has 1 saturated heterocycles. The second-order valence-electron chi connectivity index (χ2n) is 7.67. The molecule has 1 aliphatic heterocycles. The van der Waals surface area contributed by atoms with Gasteiger partial charge in [-0.05, 0) is 41.7 Å². The Morgan fingerprint density at radius 3 is 1.97 bits per heavy atom. The standard InChI is InChI=1S/C26H29NO2.ClH/c1-28-24-15-12-20(13-16-24)18-27-23-14-17-25(29-19-23)26(21-8-4-2-5-9-21)22-10-6-3-7-11-22;/h2-13,15-16,23,25-27H,14,17-19H2,1H3;1H/t23-,25-;/m0./s1. The van der Waals surface area contributed by atoms with Gasteiger partial charge in [0.25, 0.3) is 0 Å². The summed E-state index contributed by atoms with van der Waals surface area (Å²) in [6.07, 6.45) is 2.38. The van der Waals surface area contributed by atoms with Crippen molar-refractivity contribution in [2.24, 2.45) is 0 Å². The Bertz CT molecular complexity index is 823. The lowest BCUT2D eigenvalue weighted by Gasteiger charge is -2.35. The van der Waals surface area contributed by atoms with Crippen molar-refractivity contribution in [2.75, 3.05) is 13.7 Å². The highest BCUT2D eigenvalue weighted by molar-refractivity contribution is 5.85. The van der Waals surface area contributed by atoms with Gasteiger partial charge < -0.3 is 14.8 Å². The van der Waals surface area contributed by atoms with E-state index in [4.69, 9.17) is 9.47 Å². The second-order valence-corrected chi connectivity index (χ2v) is 7.67. The molecule has 1 aliphatic rings. The zero-order valence-electron chi connectivity index (χ0n) is 17.4. The lowest BCUT2D eigenvalue weighted by atomic mass is 9.83. The van der Waals surface area contributed by atoms with Gasteiger partial charge in [-0.15, -0.1) is 12.4 Å². The first-order valence-electron chi connectivity index (χ1n) is 10.4. The third-order valence-corrected chi connectivity index (χ3v) is 5.75. The molecule has 0 amide bonds. The Kier molecular flexibility index (Phi) is 8.32. The summed E-state index contributed by atoms with van der Waals surface area (Å²) < 4.78 is 11.6. The molecular formula is C26H30ClNO2. The molecule has 0 saturated carbocycles. The van der Waals surface area contributed by atoms with Crippen LogP contribution in [0.2, 0.25) is 0 Å². The van der Waals surface area contributed by atoms with Gasteiger partial charge in [-0.1, -0.05) is 72.8 Å². The van der Waals surface area contributed by atoms with Gasteiger partial charge >= 0.3 is 0 Å². The SMILES string of the molecule is COc1ccc(CN[C@H]2CC[C@@H](C(c3ccccc3)c3ccccc3)OC2)cc1.Cl. The molecule has 0 aromatic heterocycles. The third kappa shape index (κ3) is 5.63. The minimum absolute atomic E-state index is 0. The van der Waals surface area contributed by atoms with E-state index in [0.717, 1.165) is 31.7 Å². The monoisotopic (exact) mass is 423 g/mol. The van der Waals surface area contributed by atoms with Gasteiger partial charge in [0, 0.05) is 18.5 Å². The van der Waals surface area contributed by atoms with Crippen LogP contribution in [-0.4, -0.2) is 25.9 Å². The Morgan fingerprint density at radius 1 is 0.867 bits per heavy atom. The van der Waals surface area contributed by atoms with E-state index in [2.05, 4.69) is 78.1 Å². The maximum Gasteiger partial charge on any atom is 0.118 e. The van der Waals surface area contributed by atoms with Gasteiger partial charge in [0.05, 0.1) is 19.8 Å². The van der Waals surface area contributed by atoms with E-state index < -0.39 is 0 Å². The summed E-state index contributed by atoms with van der Waals surface area (Å²) in [6.45, 7) is 1.60. The molecule has 4 rings (SSSR count). The maximum atomic E-state index is 6.40. The molecule has 3 aromatic rings. The average molecular weight is 424 g/mol.